The predicted molar refractivity (Wildman–Crippen MR) is 76.2 cm³/mol. The third kappa shape index (κ3) is 3.87. The summed E-state index contributed by atoms with van der Waals surface area (Å²) < 4.78 is 0. The highest BCUT2D eigenvalue weighted by molar-refractivity contribution is 5.98. The fourth-order valence-electron chi connectivity index (χ4n) is 1.52. The quantitative estimate of drug-likeness (QED) is 0.759. The van der Waals surface area contributed by atoms with Crippen molar-refractivity contribution in [3.63, 3.8) is 0 Å². The van der Waals surface area contributed by atoms with E-state index in [0.29, 0.717) is 11.3 Å². The van der Waals surface area contributed by atoms with E-state index in [1.54, 1.807) is 32.3 Å². The summed E-state index contributed by atoms with van der Waals surface area (Å²) in [5.41, 5.74) is 7.68. The van der Waals surface area contributed by atoms with Gasteiger partial charge in [-0.2, -0.15) is 0 Å². The van der Waals surface area contributed by atoms with E-state index in [1.165, 1.54) is 4.90 Å². The number of hydrogen-bond donors (Lipinski definition) is 2. The summed E-state index contributed by atoms with van der Waals surface area (Å²) >= 11 is 0. The Morgan fingerprint density at radius 1 is 1.21 bits per heavy atom. The van der Waals surface area contributed by atoms with Crippen molar-refractivity contribution in [3.05, 3.63) is 23.8 Å². The van der Waals surface area contributed by atoms with Gasteiger partial charge in [0, 0.05) is 33.8 Å². The van der Waals surface area contributed by atoms with Gasteiger partial charge in [-0.15, -0.1) is 0 Å². The largest absolute Gasteiger partial charge is 0.397 e. The van der Waals surface area contributed by atoms with Gasteiger partial charge < -0.3 is 20.9 Å². The van der Waals surface area contributed by atoms with Gasteiger partial charge in [-0.05, 0) is 18.2 Å². The Kier molecular flexibility index (Phi) is 4.74. The predicted octanol–water partition coefficient (Wildman–Crippen LogP) is 0.153. The summed E-state index contributed by atoms with van der Waals surface area (Å²) in [7, 11) is 7.03. The van der Waals surface area contributed by atoms with Crippen LogP contribution >= 0.6 is 0 Å². The molecular weight excluding hydrogens is 244 g/mol. The van der Waals surface area contributed by atoms with Gasteiger partial charge in [-0.1, -0.05) is 0 Å². The molecule has 0 unspecified atom stereocenters. The molecule has 0 bridgehead atoms. The van der Waals surface area contributed by atoms with E-state index in [1.807, 2.05) is 19.0 Å². The molecule has 0 saturated heterocycles. The third-order valence-corrected chi connectivity index (χ3v) is 2.67. The Labute approximate surface area is 113 Å². The van der Waals surface area contributed by atoms with Crippen LogP contribution in [0, 0.1) is 0 Å². The van der Waals surface area contributed by atoms with E-state index < -0.39 is 0 Å². The minimum Gasteiger partial charge on any atom is -0.397 e. The normalized spacial score (nSPS) is 9.89. The highest BCUT2D eigenvalue weighted by Crippen LogP contribution is 2.22. The molecule has 0 aliphatic rings. The molecule has 6 heteroatoms. The summed E-state index contributed by atoms with van der Waals surface area (Å²) in [4.78, 5) is 26.5. The summed E-state index contributed by atoms with van der Waals surface area (Å²) in [5, 5.41) is 2.56. The van der Waals surface area contributed by atoms with Crippen LogP contribution in [0.4, 0.5) is 11.4 Å². The average molecular weight is 264 g/mol. The first-order chi connectivity index (χ1) is 8.82. The fourth-order valence-corrected chi connectivity index (χ4v) is 1.52. The first-order valence-corrected chi connectivity index (χ1v) is 5.88. The molecule has 1 aromatic rings. The van der Waals surface area contributed by atoms with Crippen molar-refractivity contribution in [3.8, 4) is 0 Å². The minimum atomic E-state index is -0.313. The van der Waals surface area contributed by atoms with Crippen LogP contribution in [-0.4, -0.2) is 51.4 Å². The van der Waals surface area contributed by atoms with Crippen molar-refractivity contribution >= 4 is 23.2 Å². The van der Waals surface area contributed by atoms with Crippen molar-refractivity contribution < 1.29 is 9.59 Å². The van der Waals surface area contributed by atoms with Crippen LogP contribution in [0.25, 0.3) is 0 Å². The lowest BCUT2D eigenvalue weighted by Gasteiger charge is -2.16. The van der Waals surface area contributed by atoms with Crippen LogP contribution in [0.5, 0.6) is 0 Å². The first-order valence-electron chi connectivity index (χ1n) is 5.88. The van der Waals surface area contributed by atoms with Gasteiger partial charge in [-0.3, -0.25) is 9.59 Å². The van der Waals surface area contributed by atoms with Crippen molar-refractivity contribution in [1.29, 1.82) is 0 Å². The van der Waals surface area contributed by atoms with Crippen LogP contribution in [0.15, 0.2) is 18.2 Å². The number of amides is 2. The van der Waals surface area contributed by atoms with Crippen molar-refractivity contribution in [1.82, 2.24) is 10.2 Å². The van der Waals surface area contributed by atoms with Crippen molar-refractivity contribution in [2.45, 2.75) is 0 Å². The number of likely N-dealkylation sites (N-methyl/N-ethyl adjacent to an activating group) is 1. The zero-order chi connectivity index (χ0) is 14.6. The number of nitrogens with one attached hydrogen (secondary N) is 1. The Morgan fingerprint density at radius 2 is 1.84 bits per heavy atom. The number of nitrogens with zero attached hydrogens (tertiary/aromatic N) is 2. The van der Waals surface area contributed by atoms with Crippen LogP contribution in [0.2, 0.25) is 0 Å². The van der Waals surface area contributed by atoms with Gasteiger partial charge in [0.15, 0.2) is 0 Å². The Hall–Kier alpha value is -2.24. The molecule has 1 rings (SSSR count). The maximum atomic E-state index is 11.9. The average Bonchev–Trinajstić information content (AvgIpc) is 2.34. The van der Waals surface area contributed by atoms with E-state index in [9.17, 15) is 9.59 Å². The molecule has 6 nitrogen and oxygen atoms in total. The second-order valence-electron chi connectivity index (χ2n) is 4.64. The molecule has 19 heavy (non-hydrogen) atoms. The van der Waals surface area contributed by atoms with E-state index >= 15 is 0 Å². The maximum absolute atomic E-state index is 11.9. The molecule has 104 valence electrons. The minimum absolute atomic E-state index is 0.0266. The molecule has 0 fully saturated rings. The number of nitrogens with two attached hydrogens (primary N) is 1. The summed E-state index contributed by atoms with van der Waals surface area (Å²) in [6, 6.07) is 5.06. The number of anilines is 2. The van der Waals surface area contributed by atoms with Gasteiger partial charge in [0.25, 0.3) is 5.91 Å². The molecule has 0 atom stereocenters. The Balaban J connectivity index is 2.73. The number of nitrogen functional groups attached to an aromatic ring is 1. The molecule has 0 saturated carbocycles. The third-order valence-electron chi connectivity index (χ3n) is 2.67. The molecule has 0 aromatic heterocycles. The smallest absolute Gasteiger partial charge is 0.251 e. The van der Waals surface area contributed by atoms with Crippen LogP contribution < -0.4 is 16.0 Å². The zero-order valence-electron chi connectivity index (χ0n) is 11.7. The van der Waals surface area contributed by atoms with Crippen molar-refractivity contribution in [2.24, 2.45) is 0 Å². The second kappa shape index (κ2) is 6.08. The summed E-state index contributed by atoms with van der Waals surface area (Å²) in [6.07, 6.45) is 0. The summed E-state index contributed by atoms with van der Waals surface area (Å²) in [5.74, 6) is -0.474. The second-order valence-corrected chi connectivity index (χ2v) is 4.64. The van der Waals surface area contributed by atoms with Gasteiger partial charge in [0.2, 0.25) is 5.91 Å². The molecule has 0 aliphatic carbocycles. The zero-order valence-corrected chi connectivity index (χ0v) is 11.7. The Morgan fingerprint density at radius 3 is 2.32 bits per heavy atom. The topological polar surface area (TPSA) is 78.7 Å². The lowest BCUT2D eigenvalue weighted by Crippen LogP contribution is -2.36. The van der Waals surface area contributed by atoms with Gasteiger partial charge in [0.05, 0.1) is 17.9 Å². The van der Waals surface area contributed by atoms with Gasteiger partial charge >= 0.3 is 0 Å². The number of hydrogen-bond acceptors (Lipinski definition) is 4. The SMILES string of the molecule is CN(C)C(=O)CNC(=O)c1ccc(N(C)C)c(N)c1. The van der Waals surface area contributed by atoms with E-state index in [4.69, 9.17) is 5.73 Å². The molecular formula is C13H20N4O2. The van der Waals surface area contributed by atoms with E-state index in [0.717, 1.165) is 5.69 Å². The molecule has 2 amide bonds. The highest BCUT2D eigenvalue weighted by Gasteiger charge is 2.11. The van der Waals surface area contributed by atoms with Gasteiger partial charge in [0.1, 0.15) is 0 Å². The monoisotopic (exact) mass is 264 g/mol. The maximum Gasteiger partial charge on any atom is 0.251 e. The molecule has 1 aromatic carbocycles. The lowest BCUT2D eigenvalue weighted by atomic mass is 10.1. The van der Waals surface area contributed by atoms with E-state index in [-0.39, 0.29) is 18.4 Å². The highest BCUT2D eigenvalue weighted by atomic mass is 16.2. The van der Waals surface area contributed by atoms with Crippen molar-refractivity contribution in [2.75, 3.05) is 45.4 Å². The number of carbonyl (C=O) groups is 2. The molecule has 0 aliphatic heterocycles. The van der Waals surface area contributed by atoms with Crippen LogP contribution in [0.1, 0.15) is 10.4 Å². The standard InChI is InChI=1S/C13H20N4O2/c1-16(2)11-6-5-9(7-10(11)14)13(19)15-8-12(18)17(3)4/h5-7H,8,14H2,1-4H3,(H,15,19). The van der Waals surface area contributed by atoms with Gasteiger partial charge in [-0.25, -0.2) is 0 Å². The number of benzene rings is 1. The lowest BCUT2D eigenvalue weighted by molar-refractivity contribution is -0.127. The number of rotatable bonds is 4. The Bertz CT molecular complexity index is 484. The number of carbonyl (C=O) groups excluding carboxylic acids is 2. The van der Waals surface area contributed by atoms with E-state index in [2.05, 4.69) is 5.32 Å². The molecule has 0 radical (unpaired) electrons. The molecule has 0 spiro atoms. The fraction of sp³-hybridized carbons (Fsp3) is 0.385. The first kappa shape index (κ1) is 14.8. The van der Waals surface area contributed by atoms with Crippen LogP contribution in [-0.2, 0) is 4.79 Å². The summed E-state index contributed by atoms with van der Waals surface area (Å²) in [6.45, 7) is -0.0266. The van der Waals surface area contributed by atoms with Crippen LogP contribution in [0.3, 0.4) is 0 Å². The molecule has 0 heterocycles. The molecule has 3 N–H and O–H groups in total.